The number of phenolic OH excluding ortho intramolecular Hbond substituents is 2. The van der Waals surface area contributed by atoms with Gasteiger partial charge in [0.25, 0.3) is 0 Å². The predicted octanol–water partition coefficient (Wildman–Crippen LogP) is 3.68. The molecule has 3 N–H and O–H groups in total. The average Bonchev–Trinajstić information content (AvgIpc) is 2.45. The molecule has 2 rings (SSSR count). The molecule has 0 fully saturated rings. The van der Waals surface area contributed by atoms with E-state index in [2.05, 4.69) is 21.2 Å². The normalized spacial score (nSPS) is 11.9. The molecule has 0 aromatic heterocycles. The van der Waals surface area contributed by atoms with Gasteiger partial charge in [-0.2, -0.15) is 0 Å². The Kier molecular flexibility index (Phi) is 4.85. The summed E-state index contributed by atoms with van der Waals surface area (Å²) in [7, 11) is 0. The molecule has 1 amide bonds. The number of benzene rings is 2. The molecule has 0 aliphatic rings. The zero-order valence-corrected chi connectivity index (χ0v) is 13.1. The lowest BCUT2D eigenvalue weighted by Gasteiger charge is -2.13. The lowest BCUT2D eigenvalue weighted by atomic mass is 10.00. The van der Waals surface area contributed by atoms with E-state index in [1.165, 1.54) is 12.1 Å². The highest BCUT2D eigenvalue weighted by molar-refractivity contribution is 9.10. The summed E-state index contributed by atoms with van der Waals surface area (Å²) in [5, 5.41) is 21.6. The third-order valence-electron chi connectivity index (χ3n) is 3.14. The molecular formula is C16H16BrNO3. The number of anilines is 1. The van der Waals surface area contributed by atoms with Crippen LogP contribution in [0.25, 0.3) is 0 Å². The summed E-state index contributed by atoms with van der Waals surface area (Å²) >= 11 is 3.34. The first kappa shape index (κ1) is 15.4. The van der Waals surface area contributed by atoms with Crippen molar-refractivity contribution in [2.45, 2.75) is 13.3 Å². The Bertz CT molecular complexity index is 640. The van der Waals surface area contributed by atoms with Crippen molar-refractivity contribution in [3.63, 3.8) is 0 Å². The molecule has 2 aromatic carbocycles. The van der Waals surface area contributed by atoms with Gasteiger partial charge in [-0.25, -0.2) is 0 Å². The minimum Gasteiger partial charge on any atom is -0.504 e. The highest BCUT2D eigenvalue weighted by atomic mass is 79.9. The first-order chi connectivity index (χ1) is 9.95. The summed E-state index contributed by atoms with van der Waals surface area (Å²) in [4.78, 5) is 12.1. The van der Waals surface area contributed by atoms with Crippen LogP contribution in [-0.4, -0.2) is 16.1 Å². The summed E-state index contributed by atoms with van der Waals surface area (Å²) in [5.41, 5.74) is 1.53. The van der Waals surface area contributed by atoms with Crippen LogP contribution in [0.5, 0.6) is 11.5 Å². The van der Waals surface area contributed by atoms with Crippen molar-refractivity contribution >= 4 is 27.5 Å². The van der Waals surface area contributed by atoms with E-state index in [0.29, 0.717) is 6.42 Å². The molecule has 4 nitrogen and oxygen atoms in total. The van der Waals surface area contributed by atoms with Crippen molar-refractivity contribution in [3.8, 4) is 11.5 Å². The van der Waals surface area contributed by atoms with Crippen LogP contribution in [0.3, 0.4) is 0 Å². The maximum absolute atomic E-state index is 12.1. The van der Waals surface area contributed by atoms with Crippen LogP contribution in [-0.2, 0) is 11.2 Å². The second-order valence-electron chi connectivity index (χ2n) is 4.92. The van der Waals surface area contributed by atoms with Gasteiger partial charge in [-0.1, -0.05) is 28.9 Å². The van der Waals surface area contributed by atoms with Gasteiger partial charge in [0.15, 0.2) is 11.5 Å². The molecule has 0 bridgehead atoms. The molecule has 2 aromatic rings. The van der Waals surface area contributed by atoms with E-state index in [-0.39, 0.29) is 23.3 Å². The van der Waals surface area contributed by atoms with Crippen molar-refractivity contribution in [3.05, 3.63) is 52.5 Å². The topological polar surface area (TPSA) is 69.6 Å². The first-order valence-corrected chi connectivity index (χ1v) is 7.32. The lowest BCUT2D eigenvalue weighted by molar-refractivity contribution is -0.119. The maximum atomic E-state index is 12.1. The maximum Gasteiger partial charge on any atom is 0.227 e. The molecule has 0 spiro atoms. The number of phenols is 2. The van der Waals surface area contributed by atoms with Crippen LogP contribution >= 0.6 is 15.9 Å². The largest absolute Gasteiger partial charge is 0.504 e. The van der Waals surface area contributed by atoms with Gasteiger partial charge >= 0.3 is 0 Å². The lowest BCUT2D eigenvalue weighted by Crippen LogP contribution is -2.22. The number of carbonyl (C=O) groups is 1. The fourth-order valence-corrected chi connectivity index (χ4v) is 2.21. The Balaban J connectivity index is 1.98. The summed E-state index contributed by atoms with van der Waals surface area (Å²) < 4.78 is 0.952. The summed E-state index contributed by atoms with van der Waals surface area (Å²) in [6.45, 7) is 1.82. The van der Waals surface area contributed by atoms with E-state index in [1.807, 2.05) is 31.2 Å². The highest BCUT2D eigenvalue weighted by Gasteiger charge is 2.14. The van der Waals surface area contributed by atoms with Crippen LogP contribution in [0.2, 0.25) is 0 Å². The number of nitrogens with one attached hydrogen (secondary N) is 1. The van der Waals surface area contributed by atoms with E-state index in [9.17, 15) is 15.0 Å². The monoisotopic (exact) mass is 349 g/mol. The predicted molar refractivity (Wildman–Crippen MR) is 85.4 cm³/mol. The van der Waals surface area contributed by atoms with Gasteiger partial charge in [0.05, 0.1) is 0 Å². The first-order valence-electron chi connectivity index (χ1n) is 6.53. The average molecular weight is 350 g/mol. The van der Waals surface area contributed by atoms with Crippen molar-refractivity contribution in [2.75, 3.05) is 5.32 Å². The van der Waals surface area contributed by atoms with E-state index in [1.54, 1.807) is 6.07 Å². The molecular weight excluding hydrogens is 334 g/mol. The number of hydrogen-bond acceptors (Lipinski definition) is 3. The second-order valence-corrected chi connectivity index (χ2v) is 5.84. The van der Waals surface area contributed by atoms with E-state index < -0.39 is 0 Å². The zero-order valence-electron chi connectivity index (χ0n) is 11.5. The van der Waals surface area contributed by atoms with Gasteiger partial charge in [0.2, 0.25) is 5.91 Å². The number of halogens is 1. The summed E-state index contributed by atoms with van der Waals surface area (Å²) in [5.74, 6) is -0.679. The van der Waals surface area contributed by atoms with Gasteiger partial charge in [-0.05, 0) is 48.4 Å². The molecule has 110 valence electrons. The van der Waals surface area contributed by atoms with E-state index >= 15 is 0 Å². The van der Waals surface area contributed by atoms with Crippen LogP contribution < -0.4 is 5.32 Å². The number of aromatic hydroxyl groups is 2. The fraction of sp³-hybridized carbons (Fsp3) is 0.188. The Morgan fingerprint density at radius 2 is 1.81 bits per heavy atom. The Labute approximate surface area is 131 Å². The molecule has 5 heteroatoms. The Hall–Kier alpha value is -2.01. The van der Waals surface area contributed by atoms with E-state index in [4.69, 9.17) is 0 Å². The molecule has 0 radical (unpaired) electrons. The SMILES string of the molecule is CC(Cc1ccc(O)c(O)c1)C(=O)Nc1ccc(Br)cc1. The van der Waals surface area contributed by atoms with Crippen LogP contribution in [0.4, 0.5) is 5.69 Å². The zero-order chi connectivity index (χ0) is 15.4. The molecule has 21 heavy (non-hydrogen) atoms. The molecule has 0 aliphatic carbocycles. The molecule has 1 unspecified atom stereocenters. The van der Waals surface area contributed by atoms with Gasteiger partial charge in [-0.15, -0.1) is 0 Å². The van der Waals surface area contributed by atoms with Gasteiger partial charge in [-0.3, -0.25) is 4.79 Å². The van der Waals surface area contributed by atoms with Gasteiger partial charge in [0, 0.05) is 16.1 Å². The second kappa shape index (κ2) is 6.63. The highest BCUT2D eigenvalue weighted by Crippen LogP contribution is 2.26. The third-order valence-corrected chi connectivity index (χ3v) is 3.67. The van der Waals surface area contributed by atoms with Gasteiger partial charge in [0.1, 0.15) is 0 Å². The summed E-state index contributed by atoms with van der Waals surface area (Å²) in [6.07, 6.45) is 0.482. The number of amides is 1. The molecule has 0 heterocycles. The van der Waals surface area contributed by atoms with Crippen molar-refractivity contribution in [1.82, 2.24) is 0 Å². The van der Waals surface area contributed by atoms with Crippen molar-refractivity contribution < 1.29 is 15.0 Å². The minimum atomic E-state index is -0.252. The van der Waals surface area contributed by atoms with Crippen LogP contribution in [0.15, 0.2) is 46.9 Å². The quantitative estimate of drug-likeness (QED) is 0.737. The standard InChI is InChI=1S/C16H16BrNO3/c1-10(8-11-2-7-14(19)15(20)9-11)16(21)18-13-5-3-12(17)4-6-13/h2-7,9-10,19-20H,8H2,1H3,(H,18,21). The fourth-order valence-electron chi connectivity index (χ4n) is 1.94. The molecule has 0 saturated carbocycles. The van der Waals surface area contributed by atoms with E-state index in [0.717, 1.165) is 15.7 Å². The van der Waals surface area contributed by atoms with Crippen LogP contribution in [0.1, 0.15) is 12.5 Å². The molecule has 0 saturated heterocycles. The third kappa shape index (κ3) is 4.23. The smallest absolute Gasteiger partial charge is 0.227 e. The number of carbonyl (C=O) groups excluding carboxylic acids is 1. The van der Waals surface area contributed by atoms with Crippen molar-refractivity contribution in [2.24, 2.45) is 5.92 Å². The Morgan fingerprint density at radius 3 is 2.43 bits per heavy atom. The minimum absolute atomic E-state index is 0.0927. The van der Waals surface area contributed by atoms with Crippen molar-refractivity contribution in [1.29, 1.82) is 0 Å². The van der Waals surface area contributed by atoms with Gasteiger partial charge < -0.3 is 15.5 Å². The Morgan fingerprint density at radius 1 is 1.14 bits per heavy atom. The molecule has 1 atom stereocenters. The number of hydrogen-bond donors (Lipinski definition) is 3. The van der Waals surface area contributed by atoms with Crippen LogP contribution in [0, 0.1) is 5.92 Å². The number of rotatable bonds is 4. The summed E-state index contributed by atoms with van der Waals surface area (Å²) in [6, 6.07) is 11.9. The molecule has 0 aliphatic heterocycles.